The molecule has 1 aliphatic rings. The van der Waals surface area contributed by atoms with Crippen LogP contribution in [0.1, 0.15) is 17.3 Å². The summed E-state index contributed by atoms with van der Waals surface area (Å²) in [6.45, 7) is 1.76. The maximum Gasteiger partial charge on any atom is 0.302 e. The van der Waals surface area contributed by atoms with E-state index in [1.165, 1.54) is 12.1 Å². The van der Waals surface area contributed by atoms with Gasteiger partial charge < -0.3 is 19.9 Å². The van der Waals surface area contributed by atoms with Crippen molar-refractivity contribution in [2.45, 2.75) is 18.8 Å². The van der Waals surface area contributed by atoms with Crippen LogP contribution in [0.15, 0.2) is 18.2 Å². The van der Waals surface area contributed by atoms with Gasteiger partial charge in [0.25, 0.3) is 0 Å². The lowest BCUT2D eigenvalue weighted by atomic mass is 10.1. The van der Waals surface area contributed by atoms with Crippen molar-refractivity contribution in [3.05, 3.63) is 23.8 Å². The number of rotatable bonds is 3. The molecule has 1 heterocycles. The maximum atomic E-state index is 11.9. The van der Waals surface area contributed by atoms with Crippen LogP contribution in [0.25, 0.3) is 0 Å². The third kappa shape index (κ3) is 2.27. The van der Waals surface area contributed by atoms with Gasteiger partial charge in [0.1, 0.15) is 0 Å². The molecule has 0 aromatic heterocycles. The average Bonchev–Trinajstić information content (AvgIpc) is 2.59. The number of Topliss-reactive ketones (excluding diaryl/α,β-unsaturated/α-hetero) is 1. The average molecular weight is 233 g/mol. The summed E-state index contributed by atoms with van der Waals surface area (Å²) in [5.74, 6) is -1.67. The molecule has 2 rings (SSSR count). The van der Waals surface area contributed by atoms with Gasteiger partial charge in [-0.1, -0.05) is 0 Å². The molecule has 2 atom stereocenters. The lowest BCUT2D eigenvalue weighted by Crippen LogP contribution is -2.38. The van der Waals surface area contributed by atoms with Gasteiger partial charge in [0, 0.05) is 5.56 Å². The summed E-state index contributed by atoms with van der Waals surface area (Å²) >= 11 is 0. The van der Waals surface area contributed by atoms with Crippen LogP contribution >= 0.6 is 0 Å². The van der Waals surface area contributed by atoms with Gasteiger partial charge in [-0.25, -0.2) is 0 Å². The van der Waals surface area contributed by atoms with Crippen molar-refractivity contribution in [2.24, 2.45) is 0 Å². The van der Waals surface area contributed by atoms with E-state index in [0.29, 0.717) is 11.3 Å². The Balaban J connectivity index is 2.28. The summed E-state index contributed by atoms with van der Waals surface area (Å²) in [5, 5.41) is 12.2. The molecule has 2 N–H and O–H groups in total. The number of ether oxygens (including phenoxy) is 2. The van der Waals surface area contributed by atoms with Gasteiger partial charge >= 0.3 is 5.87 Å². The molecular formula is C11H12BNO4. The summed E-state index contributed by atoms with van der Waals surface area (Å²) in [6.07, 6.45) is 0. The van der Waals surface area contributed by atoms with E-state index in [1.54, 1.807) is 20.0 Å². The largest absolute Gasteiger partial charge is 0.435 e. The summed E-state index contributed by atoms with van der Waals surface area (Å²) in [5.41, 5.74) is 0.465. The Morgan fingerprint density at radius 2 is 2.12 bits per heavy atom. The molecule has 0 spiro atoms. The highest BCUT2D eigenvalue weighted by Gasteiger charge is 2.34. The molecule has 1 aliphatic heterocycles. The molecule has 0 bridgehead atoms. The van der Waals surface area contributed by atoms with Crippen molar-refractivity contribution < 1.29 is 19.4 Å². The molecule has 0 saturated carbocycles. The van der Waals surface area contributed by atoms with E-state index < -0.39 is 5.87 Å². The predicted octanol–water partition coefficient (Wildman–Crippen LogP) is 0.0205. The lowest BCUT2D eigenvalue weighted by molar-refractivity contribution is -0.178. The number of aliphatic hydroxyl groups is 1. The Morgan fingerprint density at radius 3 is 2.76 bits per heavy atom. The summed E-state index contributed by atoms with van der Waals surface area (Å²) in [4.78, 5) is 11.9. The van der Waals surface area contributed by atoms with E-state index in [0.717, 1.165) is 0 Å². The Morgan fingerprint density at radius 1 is 1.47 bits per heavy atom. The van der Waals surface area contributed by atoms with E-state index in [4.69, 9.17) is 17.3 Å². The first-order valence-electron chi connectivity index (χ1n) is 5.18. The molecular weight excluding hydrogens is 221 g/mol. The van der Waals surface area contributed by atoms with Gasteiger partial charge in [0.15, 0.2) is 17.3 Å². The number of benzene rings is 1. The zero-order valence-electron chi connectivity index (χ0n) is 9.56. The molecule has 0 fully saturated rings. The first kappa shape index (κ1) is 11.9. The minimum Gasteiger partial charge on any atom is -0.435 e. The van der Waals surface area contributed by atoms with Crippen molar-refractivity contribution in [2.75, 3.05) is 7.05 Å². The minimum absolute atomic E-state index is 0.0774. The summed E-state index contributed by atoms with van der Waals surface area (Å²) < 4.78 is 9.84. The molecule has 0 saturated heterocycles. The van der Waals surface area contributed by atoms with E-state index >= 15 is 0 Å². The van der Waals surface area contributed by atoms with Gasteiger partial charge in [-0.2, -0.15) is 0 Å². The van der Waals surface area contributed by atoms with Crippen molar-refractivity contribution in [1.29, 1.82) is 0 Å². The van der Waals surface area contributed by atoms with Crippen LogP contribution in [0.3, 0.4) is 0 Å². The topological polar surface area (TPSA) is 67.8 Å². The zero-order valence-corrected chi connectivity index (χ0v) is 9.56. The molecule has 88 valence electrons. The van der Waals surface area contributed by atoms with E-state index in [9.17, 15) is 9.90 Å². The van der Waals surface area contributed by atoms with Crippen LogP contribution in [0.4, 0.5) is 0 Å². The minimum atomic E-state index is -2.15. The monoisotopic (exact) mass is 233 g/mol. The van der Waals surface area contributed by atoms with Crippen LogP contribution < -0.4 is 14.8 Å². The van der Waals surface area contributed by atoms with E-state index in [2.05, 4.69) is 5.32 Å². The number of fused-ring (bicyclic) bond motifs is 1. The fourth-order valence-electron chi connectivity index (χ4n) is 1.54. The predicted molar refractivity (Wildman–Crippen MR) is 61.3 cm³/mol. The van der Waals surface area contributed by atoms with Crippen LogP contribution in [-0.4, -0.2) is 37.7 Å². The number of hydrogen-bond donors (Lipinski definition) is 2. The molecule has 5 nitrogen and oxygen atoms in total. The highest BCUT2D eigenvalue weighted by atomic mass is 16.8. The summed E-state index contributed by atoms with van der Waals surface area (Å²) in [7, 11) is 6.96. The second-order valence-electron chi connectivity index (χ2n) is 3.87. The van der Waals surface area contributed by atoms with Gasteiger partial charge in [0.2, 0.25) is 7.85 Å². The zero-order chi connectivity index (χ0) is 12.6. The third-order valence-electron chi connectivity index (χ3n) is 2.57. The van der Waals surface area contributed by atoms with Crippen molar-refractivity contribution in [3.8, 4) is 11.5 Å². The van der Waals surface area contributed by atoms with E-state index in [-0.39, 0.29) is 17.6 Å². The van der Waals surface area contributed by atoms with Crippen LogP contribution in [0, 0.1) is 0 Å². The molecule has 1 aromatic carbocycles. The normalized spacial score (nSPS) is 23.5. The fourth-order valence-corrected chi connectivity index (χ4v) is 1.54. The first-order chi connectivity index (χ1) is 7.93. The molecule has 2 radical (unpaired) electrons. The Bertz CT molecular complexity index is 461. The number of ketones is 1. The molecule has 0 amide bonds. The quantitative estimate of drug-likeness (QED) is 0.569. The standard InChI is InChI=1S/C11H12BNO4/c1-6(13-2)10(14)7-3-4-8-9(5-7)17-11(12,15)16-8/h3-6,13,15H,1-2H3/t6-,11?/m0/s1. The summed E-state index contributed by atoms with van der Waals surface area (Å²) in [6, 6.07) is 4.33. The smallest absolute Gasteiger partial charge is 0.302 e. The Hall–Kier alpha value is -1.53. The van der Waals surface area contributed by atoms with Crippen molar-refractivity contribution in [1.82, 2.24) is 5.32 Å². The van der Waals surface area contributed by atoms with Crippen LogP contribution in [-0.2, 0) is 0 Å². The fraction of sp³-hybridized carbons (Fsp3) is 0.364. The first-order valence-corrected chi connectivity index (χ1v) is 5.18. The SMILES string of the molecule is [B]C1(O)Oc2ccc(C(=O)[C@H](C)NC)cc2O1. The maximum absolute atomic E-state index is 11.9. The molecule has 1 unspecified atom stereocenters. The van der Waals surface area contributed by atoms with Gasteiger partial charge in [0.05, 0.1) is 6.04 Å². The number of hydrogen-bond acceptors (Lipinski definition) is 5. The number of nitrogens with one attached hydrogen (secondary N) is 1. The molecule has 1 aromatic rings. The van der Waals surface area contributed by atoms with Gasteiger partial charge in [-0.3, -0.25) is 4.79 Å². The van der Waals surface area contributed by atoms with Crippen LogP contribution in [0.5, 0.6) is 11.5 Å². The molecule has 6 heteroatoms. The second kappa shape index (κ2) is 4.05. The number of likely N-dealkylation sites (N-methyl/N-ethyl adjacent to an activating group) is 1. The van der Waals surface area contributed by atoms with Crippen LogP contribution in [0.2, 0.25) is 0 Å². The van der Waals surface area contributed by atoms with Gasteiger partial charge in [-0.05, 0) is 32.2 Å². The number of carbonyl (C=O) groups is 1. The Labute approximate surface area is 100 Å². The van der Waals surface area contributed by atoms with Crippen molar-refractivity contribution in [3.63, 3.8) is 0 Å². The van der Waals surface area contributed by atoms with Gasteiger partial charge in [-0.15, -0.1) is 0 Å². The molecule has 17 heavy (non-hydrogen) atoms. The second-order valence-corrected chi connectivity index (χ2v) is 3.87. The highest BCUT2D eigenvalue weighted by molar-refractivity contribution is 6.12. The molecule has 0 aliphatic carbocycles. The number of carbonyl (C=O) groups excluding carboxylic acids is 1. The third-order valence-corrected chi connectivity index (χ3v) is 2.57. The van der Waals surface area contributed by atoms with Crippen molar-refractivity contribution >= 4 is 13.6 Å². The van der Waals surface area contributed by atoms with E-state index in [1.807, 2.05) is 0 Å². The Kier molecular flexibility index (Phi) is 2.85. The highest BCUT2D eigenvalue weighted by Crippen LogP contribution is 2.37. The lowest BCUT2D eigenvalue weighted by Gasteiger charge is -2.15.